The van der Waals surface area contributed by atoms with E-state index >= 15 is 0 Å². The van der Waals surface area contributed by atoms with Crippen molar-refractivity contribution >= 4 is 11.7 Å². The third kappa shape index (κ3) is 3.38. The number of carbonyl (C=O) groups excluding carboxylic acids is 1. The Bertz CT molecular complexity index is 1040. The van der Waals surface area contributed by atoms with Gasteiger partial charge in [-0.2, -0.15) is 0 Å². The van der Waals surface area contributed by atoms with E-state index in [1.165, 1.54) is 6.20 Å². The molecule has 28 heavy (non-hydrogen) atoms. The van der Waals surface area contributed by atoms with E-state index in [1.54, 1.807) is 31.6 Å². The molecule has 0 spiro atoms. The van der Waals surface area contributed by atoms with Crippen LogP contribution in [0.25, 0.3) is 11.1 Å². The van der Waals surface area contributed by atoms with Crippen LogP contribution in [-0.2, 0) is 13.0 Å². The van der Waals surface area contributed by atoms with Crippen LogP contribution in [0.1, 0.15) is 21.5 Å². The number of ether oxygens (including phenoxy) is 1. The number of benzene rings is 1. The first kappa shape index (κ1) is 17.9. The number of amides is 1. The molecule has 0 bridgehead atoms. The van der Waals surface area contributed by atoms with Gasteiger partial charge in [0.15, 0.2) is 0 Å². The Hall–Kier alpha value is -3.48. The van der Waals surface area contributed by atoms with E-state index in [4.69, 9.17) is 4.74 Å². The number of hydrogen-bond acceptors (Lipinski definition) is 5. The Morgan fingerprint density at radius 2 is 2.14 bits per heavy atom. The van der Waals surface area contributed by atoms with Crippen molar-refractivity contribution in [3.63, 3.8) is 0 Å². The zero-order chi connectivity index (χ0) is 19.5. The summed E-state index contributed by atoms with van der Waals surface area (Å²) < 4.78 is 19.9. The van der Waals surface area contributed by atoms with E-state index < -0.39 is 5.82 Å². The molecule has 0 unspecified atom stereocenters. The Labute approximate surface area is 161 Å². The predicted octanol–water partition coefficient (Wildman–Crippen LogP) is 3.19. The highest BCUT2D eigenvalue weighted by atomic mass is 19.1. The van der Waals surface area contributed by atoms with Crippen molar-refractivity contribution in [2.75, 3.05) is 19.0 Å². The molecular weight excluding hydrogens is 359 g/mol. The van der Waals surface area contributed by atoms with E-state index in [2.05, 4.69) is 20.6 Å². The molecule has 1 aliphatic heterocycles. The zero-order valence-electron chi connectivity index (χ0n) is 15.3. The maximum Gasteiger partial charge on any atom is 0.251 e. The van der Waals surface area contributed by atoms with Crippen LogP contribution in [0.2, 0.25) is 0 Å². The summed E-state index contributed by atoms with van der Waals surface area (Å²) in [5, 5.41) is 5.93. The molecule has 0 aliphatic carbocycles. The fourth-order valence-corrected chi connectivity index (χ4v) is 3.28. The second kappa shape index (κ2) is 7.64. The van der Waals surface area contributed by atoms with E-state index in [1.807, 2.05) is 18.2 Å². The summed E-state index contributed by atoms with van der Waals surface area (Å²) in [4.78, 5) is 20.1. The number of carbonyl (C=O) groups is 1. The maximum absolute atomic E-state index is 14.2. The molecule has 0 saturated heterocycles. The number of halogens is 1. The summed E-state index contributed by atoms with van der Waals surface area (Å²) in [6.45, 7) is 1.04. The van der Waals surface area contributed by atoms with Crippen molar-refractivity contribution < 1.29 is 13.9 Å². The minimum Gasteiger partial charge on any atom is -0.492 e. The summed E-state index contributed by atoms with van der Waals surface area (Å²) in [5.74, 6) is 0.824. The van der Waals surface area contributed by atoms with Gasteiger partial charge in [0.1, 0.15) is 17.4 Å². The summed E-state index contributed by atoms with van der Waals surface area (Å²) in [6.07, 6.45) is 5.04. The second-order valence-electron chi connectivity index (χ2n) is 6.42. The maximum atomic E-state index is 14.2. The largest absolute Gasteiger partial charge is 0.492 e. The lowest BCUT2D eigenvalue weighted by molar-refractivity contribution is 0.0963. The molecule has 1 aliphatic rings. The van der Waals surface area contributed by atoms with Crippen molar-refractivity contribution in [1.82, 2.24) is 15.3 Å². The molecule has 0 fully saturated rings. The topological polar surface area (TPSA) is 76.1 Å². The van der Waals surface area contributed by atoms with Crippen LogP contribution in [0, 0.1) is 5.82 Å². The molecule has 1 aromatic carbocycles. The fourth-order valence-electron chi connectivity index (χ4n) is 3.28. The highest BCUT2D eigenvalue weighted by Gasteiger charge is 2.23. The van der Waals surface area contributed by atoms with Gasteiger partial charge in [0, 0.05) is 54.7 Å². The molecule has 0 radical (unpaired) electrons. The van der Waals surface area contributed by atoms with Gasteiger partial charge in [-0.05, 0) is 23.8 Å². The Balaban J connectivity index is 1.60. The van der Waals surface area contributed by atoms with Gasteiger partial charge >= 0.3 is 0 Å². The van der Waals surface area contributed by atoms with Crippen molar-refractivity contribution in [2.24, 2.45) is 0 Å². The number of anilines is 1. The van der Waals surface area contributed by atoms with Crippen molar-refractivity contribution in [2.45, 2.75) is 13.0 Å². The normalized spacial score (nSPS) is 12.2. The molecule has 3 heterocycles. The van der Waals surface area contributed by atoms with Gasteiger partial charge in [0.25, 0.3) is 5.91 Å². The molecule has 0 atom stereocenters. The lowest BCUT2D eigenvalue weighted by Gasteiger charge is -2.13. The summed E-state index contributed by atoms with van der Waals surface area (Å²) >= 11 is 0. The monoisotopic (exact) mass is 378 g/mol. The standard InChI is InChI=1S/C21H19FN4O2/c1-23-21(27)14-4-2-3-13(9-14)10-25-20-16-6-8-28-19(16)17(11-26-20)15-5-7-24-12-18(15)22/h2-5,7,9,11-12H,6,8,10H2,1H3,(H,23,27)(H,25,26). The molecule has 2 N–H and O–H groups in total. The lowest BCUT2D eigenvalue weighted by Crippen LogP contribution is -2.18. The van der Waals surface area contributed by atoms with Gasteiger partial charge in [-0.1, -0.05) is 12.1 Å². The molecule has 142 valence electrons. The highest BCUT2D eigenvalue weighted by molar-refractivity contribution is 5.94. The van der Waals surface area contributed by atoms with Crippen molar-refractivity contribution in [1.29, 1.82) is 0 Å². The number of hydrogen-bond donors (Lipinski definition) is 2. The minimum absolute atomic E-state index is 0.127. The number of nitrogens with one attached hydrogen (secondary N) is 2. The van der Waals surface area contributed by atoms with Gasteiger partial charge in [-0.15, -0.1) is 0 Å². The number of fused-ring (bicyclic) bond motifs is 1. The molecule has 4 rings (SSSR count). The Morgan fingerprint density at radius 3 is 2.96 bits per heavy atom. The fraction of sp³-hybridized carbons (Fsp3) is 0.190. The average Bonchev–Trinajstić information content (AvgIpc) is 3.22. The smallest absolute Gasteiger partial charge is 0.251 e. The first-order valence-electron chi connectivity index (χ1n) is 8.97. The van der Waals surface area contributed by atoms with E-state index in [0.717, 1.165) is 11.1 Å². The van der Waals surface area contributed by atoms with Crippen molar-refractivity contribution in [3.05, 3.63) is 71.4 Å². The molecule has 3 aromatic rings. The SMILES string of the molecule is CNC(=O)c1cccc(CNc2ncc(-c3ccncc3F)c3c2CCO3)c1. The molecule has 1 amide bonds. The van der Waals surface area contributed by atoms with Gasteiger partial charge in [-0.25, -0.2) is 9.37 Å². The van der Waals surface area contributed by atoms with Gasteiger partial charge in [-0.3, -0.25) is 9.78 Å². The average molecular weight is 378 g/mol. The van der Waals surface area contributed by atoms with Gasteiger partial charge in [0.05, 0.1) is 12.8 Å². The van der Waals surface area contributed by atoms with Crippen LogP contribution < -0.4 is 15.4 Å². The number of pyridine rings is 2. The summed E-state index contributed by atoms with van der Waals surface area (Å²) in [6, 6.07) is 9.01. The van der Waals surface area contributed by atoms with Crippen LogP contribution in [0.3, 0.4) is 0 Å². The quantitative estimate of drug-likeness (QED) is 0.713. The second-order valence-corrected chi connectivity index (χ2v) is 6.42. The molecule has 7 heteroatoms. The van der Waals surface area contributed by atoms with Crippen LogP contribution in [0.15, 0.2) is 48.9 Å². The first-order chi connectivity index (χ1) is 13.7. The Morgan fingerprint density at radius 1 is 1.25 bits per heavy atom. The van der Waals surface area contributed by atoms with E-state index in [9.17, 15) is 9.18 Å². The number of rotatable bonds is 5. The number of nitrogens with zero attached hydrogens (tertiary/aromatic N) is 2. The minimum atomic E-state index is -0.409. The van der Waals surface area contributed by atoms with Crippen molar-refractivity contribution in [3.8, 4) is 16.9 Å². The molecule has 0 saturated carbocycles. The van der Waals surface area contributed by atoms with E-state index in [-0.39, 0.29) is 5.91 Å². The van der Waals surface area contributed by atoms with Crippen LogP contribution >= 0.6 is 0 Å². The predicted molar refractivity (Wildman–Crippen MR) is 104 cm³/mol. The third-order valence-electron chi connectivity index (χ3n) is 4.66. The number of aromatic nitrogens is 2. The molecular formula is C21H19FN4O2. The van der Waals surface area contributed by atoms with Gasteiger partial charge < -0.3 is 15.4 Å². The summed E-state index contributed by atoms with van der Waals surface area (Å²) in [5.41, 5.74) is 3.54. The third-order valence-corrected chi connectivity index (χ3v) is 4.66. The summed E-state index contributed by atoms with van der Waals surface area (Å²) in [7, 11) is 1.60. The van der Waals surface area contributed by atoms with Gasteiger partial charge in [0.2, 0.25) is 0 Å². The molecule has 6 nitrogen and oxygen atoms in total. The highest BCUT2D eigenvalue weighted by Crippen LogP contribution is 2.40. The van der Waals surface area contributed by atoms with Crippen LogP contribution in [0.4, 0.5) is 10.2 Å². The molecule has 2 aromatic heterocycles. The zero-order valence-corrected chi connectivity index (χ0v) is 15.3. The van der Waals surface area contributed by atoms with E-state index in [0.29, 0.717) is 47.8 Å². The first-order valence-corrected chi connectivity index (χ1v) is 8.97. The Kier molecular flexibility index (Phi) is 4.89. The van der Waals surface area contributed by atoms with Crippen LogP contribution in [0.5, 0.6) is 5.75 Å². The van der Waals surface area contributed by atoms with Crippen LogP contribution in [-0.4, -0.2) is 29.5 Å². The lowest BCUT2D eigenvalue weighted by atomic mass is 10.0.